The first-order chi connectivity index (χ1) is 5.74. The fourth-order valence-corrected chi connectivity index (χ4v) is 1.51. The molecular formula is C9H11NOS. The summed E-state index contributed by atoms with van der Waals surface area (Å²) >= 11 is 1.60. The van der Waals surface area contributed by atoms with Crippen LogP contribution in [-0.2, 0) is 0 Å². The van der Waals surface area contributed by atoms with Gasteiger partial charge in [0.15, 0.2) is 5.01 Å². The molecule has 0 aliphatic rings. The summed E-state index contributed by atoms with van der Waals surface area (Å²) in [4.78, 5) is 5.46. The zero-order valence-electron chi connectivity index (χ0n) is 7.22. The van der Waals surface area contributed by atoms with Gasteiger partial charge in [0.25, 0.3) is 0 Å². The molecule has 1 aromatic heterocycles. The number of aliphatic hydroxyl groups excluding tert-OH is 1. The third-order valence-corrected chi connectivity index (χ3v) is 2.45. The number of hydrogen-bond acceptors (Lipinski definition) is 3. The molecular weight excluding hydrogens is 170 g/mol. The van der Waals surface area contributed by atoms with Gasteiger partial charge in [-0.3, -0.25) is 0 Å². The molecule has 0 atom stereocenters. The minimum absolute atomic E-state index is 0.121. The summed E-state index contributed by atoms with van der Waals surface area (Å²) in [7, 11) is 0. The highest BCUT2D eigenvalue weighted by Gasteiger charge is 1.98. The van der Waals surface area contributed by atoms with Crippen LogP contribution in [0.15, 0.2) is 0 Å². The molecule has 0 unspecified atom stereocenters. The standard InChI is InChI=1S/C9H11NOS/c1-7-8(2)12-9(10-7)5-3-4-6-11/h11H,4,6H2,1-2H3. The van der Waals surface area contributed by atoms with E-state index in [0.29, 0.717) is 6.42 Å². The maximum atomic E-state index is 8.48. The highest BCUT2D eigenvalue weighted by atomic mass is 32.1. The summed E-state index contributed by atoms with van der Waals surface area (Å²) in [6.07, 6.45) is 0.525. The van der Waals surface area contributed by atoms with E-state index in [1.807, 2.05) is 13.8 Å². The van der Waals surface area contributed by atoms with Crippen molar-refractivity contribution in [3.05, 3.63) is 15.6 Å². The minimum Gasteiger partial charge on any atom is -0.395 e. The van der Waals surface area contributed by atoms with Crippen molar-refractivity contribution in [1.82, 2.24) is 4.98 Å². The van der Waals surface area contributed by atoms with Crippen LogP contribution in [0, 0.1) is 25.7 Å². The van der Waals surface area contributed by atoms with Gasteiger partial charge in [-0.2, -0.15) is 0 Å². The smallest absolute Gasteiger partial charge is 0.167 e. The second kappa shape index (κ2) is 4.24. The molecule has 64 valence electrons. The molecule has 0 saturated heterocycles. The second-order valence-corrected chi connectivity index (χ2v) is 3.64. The highest BCUT2D eigenvalue weighted by Crippen LogP contribution is 2.14. The van der Waals surface area contributed by atoms with Gasteiger partial charge in [0, 0.05) is 11.3 Å². The number of aromatic nitrogens is 1. The highest BCUT2D eigenvalue weighted by molar-refractivity contribution is 7.12. The Morgan fingerprint density at radius 3 is 2.75 bits per heavy atom. The molecule has 1 rings (SSSR count). The normalized spacial score (nSPS) is 9.25. The van der Waals surface area contributed by atoms with Crippen molar-refractivity contribution in [2.75, 3.05) is 6.61 Å². The Morgan fingerprint density at radius 1 is 1.50 bits per heavy atom. The molecule has 1 N–H and O–H groups in total. The second-order valence-electron chi connectivity index (χ2n) is 2.44. The Hall–Kier alpha value is -0.850. The van der Waals surface area contributed by atoms with Crippen molar-refractivity contribution in [2.45, 2.75) is 20.3 Å². The van der Waals surface area contributed by atoms with Crippen LogP contribution in [0.2, 0.25) is 0 Å². The summed E-state index contributed by atoms with van der Waals surface area (Å²) in [6, 6.07) is 0. The van der Waals surface area contributed by atoms with Crippen LogP contribution < -0.4 is 0 Å². The van der Waals surface area contributed by atoms with Crippen LogP contribution in [-0.4, -0.2) is 16.7 Å². The first-order valence-electron chi connectivity index (χ1n) is 3.78. The van der Waals surface area contributed by atoms with Gasteiger partial charge in [-0.15, -0.1) is 11.3 Å². The number of rotatable bonds is 1. The SMILES string of the molecule is Cc1nc(C#CCCO)sc1C. The van der Waals surface area contributed by atoms with E-state index in [1.165, 1.54) is 4.88 Å². The Bertz CT molecular complexity index is 300. The van der Waals surface area contributed by atoms with E-state index in [-0.39, 0.29) is 6.61 Å². The van der Waals surface area contributed by atoms with Crippen molar-refractivity contribution >= 4 is 11.3 Å². The van der Waals surface area contributed by atoms with Gasteiger partial charge in [-0.1, -0.05) is 5.92 Å². The lowest BCUT2D eigenvalue weighted by Crippen LogP contribution is -1.77. The average molecular weight is 181 g/mol. The van der Waals surface area contributed by atoms with E-state index in [4.69, 9.17) is 5.11 Å². The number of nitrogens with zero attached hydrogens (tertiary/aromatic N) is 1. The molecule has 0 radical (unpaired) electrons. The molecule has 0 amide bonds. The fourth-order valence-electron chi connectivity index (χ4n) is 0.720. The Morgan fingerprint density at radius 2 is 2.25 bits per heavy atom. The van der Waals surface area contributed by atoms with Crippen molar-refractivity contribution in [3.8, 4) is 11.8 Å². The topological polar surface area (TPSA) is 33.1 Å². The number of aryl methyl sites for hydroxylation is 2. The molecule has 0 aliphatic carbocycles. The lowest BCUT2D eigenvalue weighted by molar-refractivity contribution is 0.305. The molecule has 3 heteroatoms. The summed E-state index contributed by atoms with van der Waals surface area (Å²) in [6.45, 7) is 4.13. The van der Waals surface area contributed by atoms with Gasteiger partial charge < -0.3 is 5.11 Å². The molecule has 0 aromatic carbocycles. The lowest BCUT2D eigenvalue weighted by atomic mass is 10.4. The van der Waals surface area contributed by atoms with Crippen molar-refractivity contribution in [2.24, 2.45) is 0 Å². The van der Waals surface area contributed by atoms with Crippen molar-refractivity contribution < 1.29 is 5.11 Å². The average Bonchev–Trinajstić information content (AvgIpc) is 2.32. The van der Waals surface area contributed by atoms with Gasteiger partial charge in [-0.25, -0.2) is 4.98 Å². The molecule has 0 saturated carbocycles. The first kappa shape index (κ1) is 9.24. The zero-order valence-corrected chi connectivity index (χ0v) is 8.03. The number of hydrogen-bond donors (Lipinski definition) is 1. The van der Waals surface area contributed by atoms with Gasteiger partial charge in [0.05, 0.1) is 12.3 Å². The van der Waals surface area contributed by atoms with E-state index < -0.39 is 0 Å². The number of aliphatic hydroxyl groups is 1. The quantitative estimate of drug-likeness (QED) is 0.666. The maximum absolute atomic E-state index is 8.48. The lowest BCUT2D eigenvalue weighted by Gasteiger charge is -1.78. The number of thiazole rings is 1. The predicted octanol–water partition coefficient (Wildman–Crippen LogP) is 1.49. The van der Waals surface area contributed by atoms with Crippen LogP contribution in [0.1, 0.15) is 22.0 Å². The minimum atomic E-state index is 0.121. The maximum Gasteiger partial charge on any atom is 0.167 e. The molecule has 1 aromatic rings. The Labute approximate surface area is 76.3 Å². The molecule has 0 bridgehead atoms. The molecule has 0 spiro atoms. The Balaban J connectivity index is 2.72. The van der Waals surface area contributed by atoms with Gasteiger partial charge in [0.2, 0.25) is 0 Å². The predicted molar refractivity (Wildman–Crippen MR) is 50.2 cm³/mol. The molecule has 12 heavy (non-hydrogen) atoms. The van der Waals surface area contributed by atoms with E-state index >= 15 is 0 Å². The third kappa shape index (κ3) is 2.33. The van der Waals surface area contributed by atoms with E-state index in [1.54, 1.807) is 11.3 Å². The summed E-state index contributed by atoms with van der Waals surface area (Å²) in [5.74, 6) is 5.74. The summed E-state index contributed by atoms with van der Waals surface area (Å²) in [5.41, 5.74) is 1.05. The van der Waals surface area contributed by atoms with Crippen LogP contribution in [0.3, 0.4) is 0 Å². The van der Waals surface area contributed by atoms with Crippen LogP contribution in [0.5, 0.6) is 0 Å². The molecule has 0 aliphatic heterocycles. The molecule has 1 heterocycles. The summed E-state index contributed by atoms with van der Waals surface area (Å²) in [5, 5.41) is 9.33. The van der Waals surface area contributed by atoms with Crippen molar-refractivity contribution in [3.63, 3.8) is 0 Å². The van der Waals surface area contributed by atoms with Gasteiger partial charge >= 0.3 is 0 Å². The largest absolute Gasteiger partial charge is 0.395 e. The van der Waals surface area contributed by atoms with E-state index in [9.17, 15) is 0 Å². The monoisotopic (exact) mass is 181 g/mol. The summed E-state index contributed by atoms with van der Waals surface area (Å²) < 4.78 is 0. The van der Waals surface area contributed by atoms with E-state index in [0.717, 1.165) is 10.7 Å². The van der Waals surface area contributed by atoms with Crippen LogP contribution in [0.25, 0.3) is 0 Å². The van der Waals surface area contributed by atoms with Crippen LogP contribution in [0.4, 0.5) is 0 Å². The van der Waals surface area contributed by atoms with Gasteiger partial charge in [-0.05, 0) is 19.8 Å². The molecule has 0 fully saturated rings. The first-order valence-corrected chi connectivity index (χ1v) is 4.59. The third-order valence-electron chi connectivity index (χ3n) is 1.46. The van der Waals surface area contributed by atoms with Gasteiger partial charge in [0.1, 0.15) is 0 Å². The van der Waals surface area contributed by atoms with Crippen molar-refractivity contribution in [1.29, 1.82) is 0 Å². The van der Waals surface area contributed by atoms with E-state index in [2.05, 4.69) is 16.8 Å². The zero-order chi connectivity index (χ0) is 8.97. The molecule has 2 nitrogen and oxygen atoms in total. The van der Waals surface area contributed by atoms with Crippen LogP contribution >= 0.6 is 11.3 Å². The fraction of sp³-hybridized carbons (Fsp3) is 0.444. The Kier molecular flexibility index (Phi) is 3.27.